The lowest BCUT2D eigenvalue weighted by Crippen LogP contribution is -2.47. The maximum Gasteiger partial charge on any atom is 0.339 e. The van der Waals surface area contributed by atoms with Gasteiger partial charge in [-0.25, -0.2) is 9.69 Å². The summed E-state index contributed by atoms with van der Waals surface area (Å²) in [7, 11) is 1.49. The van der Waals surface area contributed by atoms with Crippen LogP contribution in [0.2, 0.25) is 0 Å². The minimum atomic E-state index is -2.24. The molecule has 4 rings (SSSR count). The summed E-state index contributed by atoms with van der Waals surface area (Å²) in [5.41, 5.74) is -1.29. The van der Waals surface area contributed by atoms with E-state index < -0.39 is 17.7 Å². The molecule has 1 aliphatic heterocycles. The Hall–Kier alpha value is -2.68. The molecule has 6 nitrogen and oxygen atoms in total. The number of amides is 3. The summed E-state index contributed by atoms with van der Waals surface area (Å²) in [6.07, 6.45) is 0. The van der Waals surface area contributed by atoms with Crippen LogP contribution < -0.4 is 14.5 Å². The van der Waals surface area contributed by atoms with Crippen LogP contribution in [0, 0.1) is 0 Å². The highest BCUT2D eigenvalue weighted by molar-refractivity contribution is 9.10. The number of nitrogens with zero attached hydrogens (tertiary/aromatic N) is 2. The van der Waals surface area contributed by atoms with Crippen molar-refractivity contribution < 1.29 is 19.4 Å². The Balaban J connectivity index is 1.91. The molecule has 1 saturated heterocycles. The van der Waals surface area contributed by atoms with E-state index in [1.807, 2.05) is 0 Å². The number of rotatable bonds is 4. The van der Waals surface area contributed by atoms with Crippen LogP contribution in [-0.4, -0.2) is 24.2 Å². The van der Waals surface area contributed by atoms with Crippen LogP contribution in [0.5, 0.6) is 5.75 Å². The molecule has 0 aliphatic carbocycles. The average molecular weight is 532 g/mol. The quantitative estimate of drug-likeness (QED) is 0.479. The summed E-state index contributed by atoms with van der Waals surface area (Å²) in [5, 5.41) is 11.7. The minimum Gasteiger partial charge on any atom is -0.497 e. The number of urea groups is 1. The summed E-state index contributed by atoms with van der Waals surface area (Å²) >= 11 is 6.71. The van der Waals surface area contributed by atoms with Gasteiger partial charge in [-0.15, -0.1) is 0 Å². The summed E-state index contributed by atoms with van der Waals surface area (Å²) in [5.74, 6) is -0.315. The predicted molar refractivity (Wildman–Crippen MR) is 121 cm³/mol. The monoisotopic (exact) mass is 530 g/mol. The van der Waals surface area contributed by atoms with E-state index in [1.54, 1.807) is 72.8 Å². The summed E-state index contributed by atoms with van der Waals surface area (Å²) in [4.78, 5) is 29.0. The number of carbonyl (C=O) groups is 2. The highest BCUT2D eigenvalue weighted by Crippen LogP contribution is 2.42. The Bertz CT molecular complexity index is 1120. The third-order valence-corrected chi connectivity index (χ3v) is 5.91. The van der Waals surface area contributed by atoms with Gasteiger partial charge in [-0.05, 0) is 60.7 Å². The van der Waals surface area contributed by atoms with E-state index in [-0.39, 0.29) is 5.56 Å². The third kappa shape index (κ3) is 3.30. The first-order valence-corrected chi connectivity index (χ1v) is 10.5. The molecule has 8 heteroatoms. The van der Waals surface area contributed by atoms with Crippen molar-refractivity contribution in [1.82, 2.24) is 0 Å². The van der Waals surface area contributed by atoms with E-state index in [4.69, 9.17) is 4.74 Å². The molecule has 1 heterocycles. The first-order valence-electron chi connectivity index (χ1n) is 8.93. The van der Waals surface area contributed by atoms with Gasteiger partial charge in [0.1, 0.15) is 5.75 Å². The fourth-order valence-electron chi connectivity index (χ4n) is 3.37. The van der Waals surface area contributed by atoms with Gasteiger partial charge in [0.2, 0.25) is 0 Å². The number of imide groups is 1. The van der Waals surface area contributed by atoms with Crippen molar-refractivity contribution >= 4 is 55.2 Å². The number of aliphatic hydroxyl groups is 1. The lowest BCUT2D eigenvalue weighted by Gasteiger charge is -2.30. The van der Waals surface area contributed by atoms with Gasteiger partial charge in [0.25, 0.3) is 11.6 Å². The van der Waals surface area contributed by atoms with Crippen LogP contribution in [0.3, 0.4) is 0 Å². The number of carbonyl (C=O) groups excluding carboxylic acids is 2. The first-order chi connectivity index (χ1) is 14.4. The molecule has 1 aliphatic rings. The molecule has 152 valence electrons. The van der Waals surface area contributed by atoms with E-state index in [0.717, 1.165) is 18.7 Å². The normalized spacial score (nSPS) is 18.8. The number of benzene rings is 3. The van der Waals surface area contributed by atoms with Crippen LogP contribution in [0.15, 0.2) is 81.7 Å². The topological polar surface area (TPSA) is 70.1 Å². The van der Waals surface area contributed by atoms with Crippen molar-refractivity contribution in [1.29, 1.82) is 0 Å². The lowest BCUT2D eigenvalue weighted by atomic mass is 10.00. The van der Waals surface area contributed by atoms with Gasteiger partial charge in [-0.3, -0.25) is 9.69 Å². The molecule has 1 N–H and O–H groups in total. The molecule has 30 heavy (non-hydrogen) atoms. The Morgan fingerprint density at radius 1 is 0.867 bits per heavy atom. The predicted octanol–water partition coefficient (Wildman–Crippen LogP) is 5.04. The number of methoxy groups -OCH3 is 1. The summed E-state index contributed by atoms with van der Waals surface area (Å²) in [6.45, 7) is 0. The largest absolute Gasteiger partial charge is 0.497 e. The van der Waals surface area contributed by atoms with Crippen LogP contribution in [0.25, 0.3) is 0 Å². The number of hydrogen-bond donors (Lipinski definition) is 1. The van der Waals surface area contributed by atoms with Crippen molar-refractivity contribution in [2.24, 2.45) is 0 Å². The number of halogens is 2. The Morgan fingerprint density at radius 2 is 1.43 bits per heavy atom. The minimum absolute atomic E-state index is 0.225. The molecule has 3 aromatic carbocycles. The second-order valence-corrected chi connectivity index (χ2v) is 8.45. The van der Waals surface area contributed by atoms with E-state index in [1.165, 1.54) is 7.11 Å². The standard InChI is InChI=1S/C22H16Br2N2O4/c1-30-19-4-2-3-14(13-19)22(29)20(27)25(17-9-5-15(23)6-10-17)21(28)26(22)18-11-7-16(24)8-12-18/h2-13,29H,1H3. The van der Waals surface area contributed by atoms with Gasteiger partial charge in [0.15, 0.2) is 0 Å². The van der Waals surface area contributed by atoms with Crippen molar-refractivity contribution in [3.8, 4) is 5.75 Å². The van der Waals surface area contributed by atoms with Crippen molar-refractivity contribution in [3.05, 3.63) is 87.3 Å². The lowest BCUT2D eigenvalue weighted by molar-refractivity contribution is -0.133. The fraction of sp³-hybridized carbons (Fsp3) is 0.0909. The first kappa shape index (κ1) is 20.6. The van der Waals surface area contributed by atoms with Crippen molar-refractivity contribution in [3.63, 3.8) is 0 Å². The van der Waals surface area contributed by atoms with Crippen molar-refractivity contribution in [2.75, 3.05) is 16.9 Å². The smallest absolute Gasteiger partial charge is 0.339 e. The molecule has 0 saturated carbocycles. The Kier molecular flexibility index (Phi) is 5.40. The van der Waals surface area contributed by atoms with Crippen LogP contribution in [0.1, 0.15) is 5.56 Å². The number of ether oxygens (including phenoxy) is 1. The zero-order valence-corrected chi connectivity index (χ0v) is 18.9. The molecule has 1 fully saturated rings. The maximum absolute atomic E-state index is 13.5. The summed E-state index contributed by atoms with van der Waals surface area (Å²) in [6, 6.07) is 19.3. The summed E-state index contributed by atoms with van der Waals surface area (Å²) < 4.78 is 6.86. The molecule has 3 aromatic rings. The second-order valence-electron chi connectivity index (χ2n) is 6.62. The van der Waals surface area contributed by atoms with Gasteiger partial charge in [0.05, 0.1) is 12.8 Å². The third-order valence-electron chi connectivity index (χ3n) is 4.85. The number of hydrogen-bond acceptors (Lipinski definition) is 4. The fourth-order valence-corrected chi connectivity index (χ4v) is 3.90. The van der Waals surface area contributed by atoms with Gasteiger partial charge in [-0.1, -0.05) is 44.0 Å². The van der Waals surface area contributed by atoms with Gasteiger partial charge >= 0.3 is 6.03 Å². The van der Waals surface area contributed by atoms with Crippen LogP contribution in [0.4, 0.5) is 16.2 Å². The molecular weight excluding hydrogens is 516 g/mol. The molecule has 0 bridgehead atoms. The van der Waals surface area contributed by atoms with E-state index in [2.05, 4.69) is 31.9 Å². The van der Waals surface area contributed by atoms with E-state index in [0.29, 0.717) is 17.1 Å². The molecule has 0 spiro atoms. The van der Waals surface area contributed by atoms with Gasteiger partial charge in [-0.2, -0.15) is 0 Å². The molecule has 1 unspecified atom stereocenters. The molecule has 1 atom stereocenters. The molecule has 3 amide bonds. The Labute approximate surface area is 189 Å². The van der Waals surface area contributed by atoms with Crippen LogP contribution in [-0.2, 0) is 10.5 Å². The highest BCUT2D eigenvalue weighted by Gasteiger charge is 2.59. The van der Waals surface area contributed by atoms with Gasteiger partial charge < -0.3 is 9.84 Å². The second kappa shape index (κ2) is 7.86. The molecular formula is C22H16Br2N2O4. The average Bonchev–Trinajstić information content (AvgIpc) is 2.96. The highest BCUT2D eigenvalue weighted by atomic mass is 79.9. The van der Waals surface area contributed by atoms with Crippen LogP contribution >= 0.6 is 31.9 Å². The zero-order chi connectivity index (χ0) is 21.5. The molecule has 0 aromatic heterocycles. The molecule has 0 radical (unpaired) electrons. The van der Waals surface area contributed by atoms with Gasteiger partial charge in [0, 0.05) is 20.2 Å². The van der Waals surface area contributed by atoms with E-state index in [9.17, 15) is 14.7 Å². The Morgan fingerprint density at radius 3 is 2.00 bits per heavy atom. The maximum atomic E-state index is 13.5. The SMILES string of the molecule is COc1cccc(C2(O)C(=O)N(c3ccc(Br)cc3)C(=O)N2c2ccc(Br)cc2)c1. The zero-order valence-electron chi connectivity index (χ0n) is 15.8. The number of anilines is 2. The van der Waals surface area contributed by atoms with E-state index >= 15 is 0 Å². The van der Waals surface area contributed by atoms with Crippen molar-refractivity contribution in [2.45, 2.75) is 5.72 Å².